The lowest BCUT2D eigenvalue weighted by atomic mass is 10.1. The zero-order valence-electron chi connectivity index (χ0n) is 17.9. The van der Waals surface area contributed by atoms with E-state index in [-0.39, 0.29) is 17.4 Å². The Morgan fingerprint density at radius 3 is 2.18 bits per heavy atom. The number of anilines is 1. The number of amides is 1. The lowest BCUT2D eigenvalue weighted by molar-refractivity contribution is 0.100. The Hall–Kier alpha value is -4.58. The standard InChI is InChI=1S/C27H20N4O2/c1-18(32)21-13-8-14-22(15-21)28-27(33)24-17-26-29-23(19-9-4-2-5-10-19)16-25(31(26)30-24)20-11-6-3-7-12-20/h2-17H,1H3,(H,28,33). The van der Waals surface area contributed by atoms with E-state index >= 15 is 0 Å². The van der Waals surface area contributed by atoms with Gasteiger partial charge in [0.2, 0.25) is 0 Å². The van der Waals surface area contributed by atoms with E-state index in [4.69, 9.17) is 4.98 Å². The fourth-order valence-corrected chi connectivity index (χ4v) is 3.67. The number of nitrogens with one attached hydrogen (secondary N) is 1. The highest BCUT2D eigenvalue weighted by Gasteiger charge is 2.17. The molecule has 0 aliphatic heterocycles. The summed E-state index contributed by atoms with van der Waals surface area (Å²) >= 11 is 0. The van der Waals surface area contributed by atoms with Gasteiger partial charge in [0.15, 0.2) is 17.1 Å². The SMILES string of the molecule is CC(=O)c1cccc(NC(=O)c2cc3nc(-c4ccccc4)cc(-c4ccccc4)n3n2)c1. The summed E-state index contributed by atoms with van der Waals surface area (Å²) in [6, 6.07) is 30.2. The van der Waals surface area contributed by atoms with Gasteiger partial charge in [-0.25, -0.2) is 9.50 Å². The molecule has 0 radical (unpaired) electrons. The van der Waals surface area contributed by atoms with Gasteiger partial charge in [0.05, 0.1) is 11.4 Å². The predicted molar refractivity (Wildman–Crippen MR) is 128 cm³/mol. The highest BCUT2D eigenvalue weighted by molar-refractivity contribution is 6.04. The molecule has 2 heterocycles. The maximum atomic E-state index is 13.0. The van der Waals surface area contributed by atoms with Crippen LogP contribution in [-0.2, 0) is 0 Å². The molecule has 0 aliphatic rings. The normalized spacial score (nSPS) is 10.8. The number of carbonyl (C=O) groups is 2. The molecule has 0 fully saturated rings. The zero-order chi connectivity index (χ0) is 22.8. The monoisotopic (exact) mass is 432 g/mol. The highest BCUT2D eigenvalue weighted by Crippen LogP contribution is 2.26. The Labute approximate surface area is 190 Å². The molecule has 0 saturated heterocycles. The number of fused-ring (bicyclic) bond motifs is 1. The van der Waals surface area contributed by atoms with Gasteiger partial charge in [-0.1, -0.05) is 72.8 Å². The third-order valence-electron chi connectivity index (χ3n) is 5.33. The molecule has 0 spiro atoms. The van der Waals surface area contributed by atoms with Crippen molar-refractivity contribution in [1.82, 2.24) is 14.6 Å². The average molecular weight is 432 g/mol. The van der Waals surface area contributed by atoms with Crippen LogP contribution in [0.4, 0.5) is 5.69 Å². The second-order valence-corrected chi connectivity index (χ2v) is 7.65. The topological polar surface area (TPSA) is 76.4 Å². The minimum atomic E-state index is -0.374. The van der Waals surface area contributed by atoms with Crippen LogP contribution >= 0.6 is 0 Å². The molecule has 0 atom stereocenters. The summed E-state index contributed by atoms with van der Waals surface area (Å²) in [5, 5.41) is 7.38. The zero-order valence-corrected chi connectivity index (χ0v) is 17.9. The number of benzene rings is 3. The van der Waals surface area contributed by atoms with Gasteiger partial charge in [0, 0.05) is 28.4 Å². The fraction of sp³-hybridized carbons (Fsp3) is 0.0370. The van der Waals surface area contributed by atoms with Crippen molar-refractivity contribution in [2.45, 2.75) is 6.92 Å². The summed E-state index contributed by atoms with van der Waals surface area (Å²) in [5.41, 5.74) is 5.43. The molecule has 160 valence electrons. The molecule has 1 N–H and O–H groups in total. The Kier molecular flexibility index (Phi) is 5.24. The Morgan fingerprint density at radius 2 is 1.48 bits per heavy atom. The largest absolute Gasteiger partial charge is 0.321 e. The number of carbonyl (C=O) groups excluding carboxylic acids is 2. The third kappa shape index (κ3) is 4.14. The van der Waals surface area contributed by atoms with Gasteiger partial charge >= 0.3 is 0 Å². The first-order valence-corrected chi connectivity index (χ1v) is 10.5. The summed E-state index contributed by atoms with van der Waals surface area (Å²) < 4.78 is 1.68. The summed E-state index contributed by atoms with van der Waals surface area (Å²) in [6.07, 6.45) is 0. The molecule has 2 aromatic heterocycles. The van der Waals surface area contributed by atoms with E-state index in [2.05, 4.69) is 10.4 Å². The molecule has 0 saturated carbocycles. The number of ketones is 1. The van der Waals surface area contributed by atoms with Crippen LogP contribution in [0.15, 0.2) is 97.1 Å². The number of rotatable bonds is 5. The molecule has 6 nitrogen and oxygen atoms in total. The van der Waals surface area contributed by atoms with E-state index in [1.807, 2.05) is 66.7 Å². The average Bonchev–Trinajstić information content (AvgIpc) is 3.29. The van der Waals surface area contributed by atoms with Crippen molar-refractivity contribution in [3.63, 3.8) is 0 Å². The van der Waals surface area contributed by atoms with Gasteiger partial charge in [-0.15, -0.1) is 0 Å². The van der Waals surface area contributed by atoms with Crippen LogP contribution in [0, 0.1) is 0 Å². The molecule has 33 heavy (non-hydrogen) atoms. The predicted octanol–water partition coefficient (Wildman–Crippen LogP) is 5.52. The van der Waals surface area contributed by atoms with Gasteiger partial charge in [-0.2, -0.15) is 5.10 Å². The van der Waals surface area contributed by atoms with Crippen LogP contribution < -0.4 is 5.32 Å². The van der Waals surface area contributed by atoms with Crippen LogP contribution in [0.3, 0.4) is 0 Å². The number of hydrogen-bond donors (Lipinski definition) is 1. The molecule has 1 amide bonds. The van der Waals surface area contributed by atoms with Gasteiger partial charge in [-0.3, -0.25) is 9.59 Å². The lowest BCUT2D eigenvalue weighted by Gasteiger charge is -2.08. The van der Waals surface area contributed by atoms with Crippen LogP contribution in [0.25, 0.3) is 28.2 Å². The molecule has 6 heteroatoms. The van der Waals surface area contributed by atoms with E-state index in [0.29, 0.717) is 16.9 Å². The minimum Gasteiger partial charge on any atom is -0.321 e. The molecule has 0 unspecified atom stereocenters. The van der Waals surface area contributed by atoms with E-state index in [9.17, 15) is 9.59 Å². The molecule has 3 aromatic carbocycles. The fourth-order valence-electron chi connectivity index (χ4n) is 3.67. The Balaban J connectivity index is 1.58. The Morgan fingerprint density at radius 1 is 0.788 bits per heavy atom. The van der Waals surface area contributed by atoms with Crippen molar-refractivity contribution in [3.8, 4) is 22.5 Å². The molecule has 5 aromatic rings. The van der Waals surface area contributed by atoms with E-state index < -0.39 is 0 Å². The second-order valence-electron chi connectivity index (χ2n) is 7.65. The van der Waals surface area contributed by atoms with Crippen molar-refractivity contribution < 1.29 is 9.59 Å². The second kappa shape index (κ2) is 8.51. The maximum absolute atomic E-state index is 13.0. The van der Waals surface area contributed by atoms with Gasteiger partial charge in [0.1, 0.15) is 0 Å². The third-order valence-corrected chi connectivity index (χ3v) is 5.33. The summed E-state index contributed by atoms with van der Waals surface area (Å²) in [4.78, 5) is 29.4. The quantitative estimate of drug-likeness (QED) is 0.371. The van der Waals surface area contributed by atoms with Crippen molar-refractivity contribution >= 4 is 23.0 Å². The number of Topliss-reactive ketones (excluding diaryl/α,β-unsaturated/α-hetero) is 1. The first-order chi connectivity index (χ1) is 16.1. The van der Waals surface area contributed by atoms with Crippen LogP contribution in [0.1, 0.15) is 27.8 Å². The lowest BCUT2D eigenvalue weighted by Crippen LogP contribution is -2.13. The first-order valence-electron chi connectivity index (χ1n) is 10.5. The van der Waals surface area contributed by atoms with Crippen LogP contribution in [-0.4, -0.2) is 26.3 Å². The van der Waals surface area contributed by atoms with E-state index in [0.717, 1.165) is 22.5 Å². The van der Waals surface area contributed by atoms with Crippen molar-refractivity contribution in [2.24, 2.45) is 0 Å². The smallest absolute Gasteiger partial charge is 0.276 e. The molecular weight excluding hydrogens is 412 g/mol. The molecule has 0 aliphatic carbocycles. The van der Waals surface area contributed by atoms with Crippen LogP contribution in [0.5, 0.6) is 0 Å². The first kappa shape index (κ1) is 20.3. The van der Waals surface area contributed by atoms with Crippen molar-refractivity contribution in [1.29, 1.82) is 0 Å². The maximum Gasteiger partial charge on any atom is 0.276 e. The number of aromatic nitrogens is 3. The van der Waals surface area contributed by atoms with Crippen molar-refractivity contribution in [2.75, 3.05) is 5.32 Å². The van der Waals surface area contributed by atoms with Crippen LogP contribution in [0.2, 0.25) is 0 Å². The summed E-state index contributed by atoms with van der Waals surface area (Å²) in [7, 11) is 0. The summed E-state index contributed by atoms with van der Waals surface area (Å²) in [6.45, 7) is 1.49. The van der Waals surface area contributed by atoms with Gasteiger partial charge < -0.3 is 5.32 Å². The Bertz CT molecular complexity index is 1470. The number of nitrogens with zero attached hydrogens (tertiary/aromatic N) is 3. The number of hydrogen-bond acceptors (Lipinski definition) is 4. The molecular formula is C27H20N4O2. The van der Waals surface area contributed by atoms with Gasteiger partial charge in [-0.05, 0) is 25.1 Å². The molecule has 0 bridgehead atoms. The highest BCUT2D eigenvalue weighted by atomic mass is 16.2. The van der Waals surface area contributed by atoms with E-state index in [1.165, 1.54) is 6.92 Å². The minimum absolute atomic E-state index is 0.0658. The van der Waals surface area contributed by atoms with Gasteiger partial charge in [0.25, 0.3) is 5.91 Å². The molecule has 5 rings (SSSR count). The summed E-state index contributed by atoms with van der Waals surface area (Å²) in [5.74, 6) is -0.439. The van der Waals surface area contributed by atoms with Crippen molar-refractivity contribution in [3.05, 3.63) is 108 Å². The van der Waals surface area contributed by atoms with E-state index in [1.54, 1.807) is 34.8 Å².